The summed E-state index contributed by atoms with van der Waals surface area (Å²) in [5.74, 6) is -0.217. The Morgan fingerprint density at radius 3 is 2.43 bits per heavy atom. The molecule has 0 fully saturated rings. The van der Waals surface area contributed by atoms with Crippen molar-refractivity contribution in [2.45, 2.75) is 19.9 Å². The molecular formula is C9H19N3O2. The fourth-order valence-corrected chi connectivity index (χ4v) is 1.00. The Labute approximate surface area is 84.8 Å². The summed E-state index contributed by atoms with van der Waals surface area (Å²) in [6.07, 6.45) is 0. The zero-order valence-corrected chi connectivity index (χ0v) is 9.26. The van der Waals surface area contributed by atoms with E-state index in [2.05, 4.69) is 10.6 Å². The lowest BCUT2D eigenvalue weighted by atomic mass is 10.3. The van der Waals surface area contributed by atoms with Gasteiger partial charge in [-0.15, -0.1) is 0 Å². The SMILES string of the molecule is CCNC(=O)CN(C)C(=O)C(C)NC. The van der Waals surface area contributed by atoms with Crippen LogP contribution >= 0.6 is 0 Å². The van der Waals surface area contributed by atoms with Crippen molar-refractivity contribution < 1.29 is 9.59 Å². The summed E-state index contributed by atoms with van der Waals surface area (Å²) in [5.41, 5.74) is 0. The highest BCUT2D eigenvalue weighted by Crippen LogP contribution is 1.90. The largest absolute Gasteiger partial charge is 0.355 e. The van der Waals surface area contributed by atoms with E-state index in [-0.39, 0.29) is 24.4 Å². The average molecular weight is 201 g/mol. The van der Waals surface area contributed by atoms with Crippen LogP contribution in [0.15, 0.2) is 0 Å². The monoisotopic (exact) mass is 201 g/mol. The van der Waals surface area contributed by atoms with Crippen molar-refractivity contribution in [2.75, 3.05) is 27.2 Å². The molecule has 0 saturated heterocycles. The fourth-order valence-electron chi connectivity index (χ4n) is 1.00. The van der Waals surface area contributed by atoms with Gasteiger partial charge in [0, 0.05) is 13.6 Å². The van der Waals surface area contributed by atoms with Crippen LogP contribution in [0.5, 0.6) is 0 Å². The normalized spacial score (nSPS) is 12.0. The Hall–Kier alpha value is -1.10. The zero-order chi connectivity index (χ0) is 11.1. The second-order valence-electron chi connectivity index (χ2n) is 3.16. The molecule has 0 rings (SSSR count). The van der Waals surface area contributed by atoms with Gasteiger partial charge in [0.1, 0.15) is 0 Å². The van der Waals surface area contributed by atoms with Gasteiger partial charge in [-0.05, 0) is 20.9 Å². The van der Waals surface area contributed by atoms with Crippen molar-refractivity contribution in [3.8, 4) is 0 Å². The molecule has 0 bridgehead atoms. The molecular weight excluding hydrogens is 182 g/mol. The molecule has 0 aromatic heterocycles. The van der Waals surface area contributed by atoms with Gasteiger partial charge in [0.05, 0.1) is 12.6 Å². The number of hydrogen-bond acceptors (Lipinski definition) is 3. The van der Waals surface area contributed by atoms with E-state index in [9.17, 15) is 9.59 Å². The van der Waals surface area contributed by atoms with Gasteiger partial charge in [-0.1, -0.05) is 0 Å². The predicted molar refractivity (Wildman–Crippen MR) is 54.8 cm³/mol. The minimum Gasteiger partial charge on any atom is -0.355 e. The van der Waals surface area contributed by atoms with E-state index < -0.39 is 0 Å². The van der Waals surface area contributed by atoms with Crippen LogP contribution in [0.25, 0.3) is 0 Å². The second kappa shape index (κ2) is 6.37. The lowest BCUT2D eigenvalue weighted by Crippen LogP contribution is -2.45. The summed E-state index contributed by atoms with van der Waals surface area (Å²) in [4.78, 5) is 24.0. The summed E-state index contributed by atoms with van der Waals surface area (Å²) in [5, 5.41) is 5.46. The lowest BCUT2D eigenvalue weighted by Gasteiger charge is -2.20. The fraction of sp³-hybridized carbons (Fsp3) is 0.778. The molecule has 0 aromatic rings. The van der Waals surface area contributed by atoms with Crippen LogP contribution in [0.3, 0.4) is 0 Å². The van der Waals surface area contributed by atoms with E-state index in [4.69, 9.17) is 0 Å². The van der Waals surface area contributed by atoms with Crippen LogP contribution in [0, 0.1) is 0 Å². The van der Waals surface area contributed by atoms with Gasteiger partial charge in [-0.3, -0.25) is 9.59 Å². The molecule has 1 atom stereocenters. The maximum Gasteiger partial charge on any atom is 0.239 e. The molecule has 0 radical (unpaired) electrons. The number of carbonyl (C=O) groups excluding carboxylic acids is 2. The highest BCUT2D eigenvalue weighted by atomic mass is 16.2. The molecule has 0 aromatic carbocycles. The summed E-state index contributed by atoms with van der Waals surface area (Å²) in [7, 11) is 3.33. The predicted octanol–water partition coefficient (Wildman–Crippen LogP) is -0.811. The Morgan fingerprint density at radius 2 is 2.00 bits per heavy atom. The van der Waals surface area contributed by atoms with Crippen molar-refractivity contribution in [3.63, 3.8) is 0 Å². The van der Waals surface area contributed by atoms with E-state index in [1.165, 1.54) is 4.90 Å². The number of nitrogens with zero attached hydrogens (tertiary/aromatic N) is 1. The highest BCUT2D eigenvalue weighted by Gasteiger charge is 2.17. The van der Waals surface area contributed by atoms with Gasteiger partial charge in [-0.2, -0.15) is 0 Å². The Morgan fingerprint density at radius 1 is 1.43 bits per heavy atom. The van der Waals surface area contributed by atoms with Crippen LogP contribution in [0.2, 0.25) is 0 Å². The second-order valence-corrected chi connectivity index (χ2v) is 3.16. The quantitative estimate of drug-likeness (QED) is 0.611. The third-order valence-corrected chi connectivity index (χ3v) is 1.93. The molecule has 82 valence electrons. The molecule has 2 amide bonds. The zero-order valence-electron chi connectivity index (χ0n) is 9.26. The maximum absolute atomic E-state index is 11.5. The van der Waals surface area contributed by atoms with Gasteiger partial charge in [0.15, 0.2) is 0 Å². The molecule has 0 aliphatic heterocycles. The van der Waals surface area contributed by atoms with Crippen LogP contribution in [-0.4, -0.2) is 49.9 Å². The van der Waals surface area contributed by atoms with E-state index >= 15 is 0 Å². The van der Waals surface area contributed by atoms with Crippen LogP contribution in [0.4, 0.5) is 0 Å². The minimum atomic E-state index is -0.255. The molecule has 5 heteroatoms. The molecule has 0 heterocycles. The van der Waals surface area contributed by atoms with Crippen LogP contribution < -0.4 is 10.6 Å². The number of carbonyl (C=O) groups is 2. The standard InChI is InChI=1S/C9H19N3O2/c1-5-11-8(13)6-12(4)9(14)7(2)10-3/h7,10H,5-6H2,1-4H3,(H,11,13). The van der Waals surface area contributed by atoms with Crippen molar-refractivity contribution in [1.29, 1.82) is 0 Å². The maximum atomic E-state index is 11.5. The highest BCUT2D eigenvalue weighted by molar-refractivity contribution is 5.87. The minimum absolute atomic E-state index is 0.0845. The molecule has 0 saturated carbocycles. The number of amides is 2. The summed E-state index contributed by atoms with van der Waals surface area (Å²) < 4.78 is 0. The first-order chi connectivity index (χ1) is 6.52. The molecule has 0 aliphatic rings. The molecule has 2 N–H and O–H groups in total. The van der Waals surface area contributed by atoms with Gasteiger partial charge in [0.25, 0.3) is 0 Å². The van der Waals surface area contributed by atoms with Gasteiger partial charge in [0.2, 0.25) is 11.8 Å². The van der Waals surface area contributed by atoms with Crippen molar-refractivity contribution in [3.05, 3.63) is 0 Å². The number of hydrogen-bond donors (Lipinski definition) is 2. The Bertz CT molecular complexity index is 206. The van der Waals surface area contributed by atoms with Crippen LogP contribution in [0.1, 0.15) is 13.8 Å². The summed E-state index contributed by atoms with van der Waals surface area (Å²) in [6.45, 7) is 4.30. The number of rotatable bonds is 5. The van der Waals surface area contributed by atoms with E-state index in [0.29, 0.717) is 6.54 Å². The third kappa shape index (κ3) is 4.23. The third-order valence-electron chi connectivity index (χ3n) is 1.93. The van der Waals surface area contributed by atoms with E-state index in [1.807, 2.05) is 6.92 Å². The molecule has 5 nitrogen and oxygen atoms in total. The Balaban J connectivity index is 4.01. The smallest absolute Gasteiger partial charge is 0.239 e. The Kier molecular flexibility index (Phi) is 5.87. The van der Waals surface area contributed by atoms with Gasteiger partial charge >= 0.3 is 0 Å². The molecule has 0 spiro atoms. The van der Waals surface area contributed by atoms with Crippen molar-refractivity contribution in [1.82, 2.24) is 15.5 Å². The first kappa shape index (κ1) is 12.9. The first-order valence-corrected chi connectivity index (χ1v) is 4.71. The van der Waals surface area contributed by atoms with Gasteiger partial charge in [-0.25, -0.2) is 0 Å². The topological polar surface area (TPSA) is 61.4 Å². The molecule has 0 aliphatic carbocycles. The number of nitrogens with one attached hydrogen (secondary N) is 2. The molecule has 1 unspecified atom stereocenters. The van der Waals surface area contributed by atoms with Crippen molar-refractivity contribution in [2.24, 2.45) is 0 Å². The van der Waals surface area contributed by atoms with Crippen molar-refractivity contribution >= 4 is 11.8 Å². The van der Waals surface area contributed by atoms with Gasteiger partial charge < -0.3 is 15.5 Å². The summed E-state index contributed by atoms with van der Waals surface area (Å²) >= 11 is 0. The summed E-state index contributed by atoms with van der Waals surface area (Å²) in [6, 6.07) is -0.255. The average Bonchev–Trinajstić information content (AvgIpc) is 2.15. The first-order valence-electron chi connectivity index (χ1n) is 4.71. The lowest BCUT2D eigenvalue weighted by molar-refractivity contribution is -0.135. The van der Waals surface area contributed by atoms with Crippen LogP contribution in [-0.2, 0) is 9.59 Å². The van der Waals surface area contributed by atoms with E-state index in [1.54, 1.807) is 21.0 Å². The molecule has 14 heavy (non-hydrogen) atoms. The number of likely N-dealkylation sites (N-methyl/N-ethyl adjacent to an activating group) is 3. The van der Waals surface area contributed by atoms with E-state index in [0.717, 1.165) is 0 Å².